The summed E-state index contributed by atoms with van der Waals surface area (Å²) >= 11 is 0. The van der Waals surface area contributed by atoms with E-state index in [9.17, 15) is 10.1 Å². The van der Waals surface area contributed by atoms with Crippen molar-refractivity contribution >= 4 is 17.4 Å². The van der Waals surface area contributed by atoms with E-state index in [1.165, 1.54) is 0 Å². The molecule has 7 heteroatoms. The first-order chi connectivity index (χ1) is 12.7. The number of carbonyl (C=O) groups is 1. The molecule has 1 aromatic rings. The van der Waals surface area contributed by atoms with Gasteiger partial charge in [0.25, 0.3) is 0 Å². The van der Waals surface area contributed by atoms with Crippen molar-refractivity contribution in [2.75, 3.05) is 19.6 Å². The molecule has 26 heavy (non-hydrogen) atoms. The fourth-order valence-corrected chi connectivity index (χ4v) is 2.99. The van der Waals surface area contributed by atoms with Gasteiger partial charge in [0, 0.05) is 38.5 Å². The molecule has 1 saturated heterocycles. The Morgan fingerprint density at radius 1 is 1.46 bits per heavy atom. The number of amides is 1. The number of carbonyl (C=O) groups excluding carboxylic acids is 1. The Morgan fingerprint density at radius 3 is 3.04 bits per heavy atom. The highest BCUT2D eigenvalue weighted by Crippen LogP contribution is 2.21. The van der Waals surface area contributed by atoms with Gasteiger partial charge in [-0.15, -0.1) is 0 Å². The van der Waals surface area contributed by atoms with Crippen LogP contribution in [0.25, 0.3) is 5.57 Å². The lowest BCUT2D eigenvalue weighted by Crippen LogP contribution is -2.39. The van der Waals surface area contributed by atoms with Crippen LogP contribution in [0.2, 0.25) is 0 Å². The molecule has 1 fully saturated rings. The smallest absolute Gasteiger partial charge is 0.222 e. The van der Waals surface area contributed by atoms with Crippen LogP contribution in [0.3, 0.4) is 0 Å². The van der Waals surface area contributed by atoms with Gasteiger partial charge in [-0.1, -0.05) is 6.07 Å². The number of rotatable bonds is 5. The minimum Gasteiger partial charge on any atom is -0.343 e. The van der Waals surface area contributed by atoms with Crippen molar-refractivity contribution in [2.24, 2.45) is 4.99 Å². The fourth-order valence-electron chi connectivity index (χ4n) is 2.99. The zero-order valence-electron chi connectivity index (χ0n) is 14.8. The van der Waals surface area contributed by atoms with Crippen LogP contribution in [-0.2, 0) is 4.79 Å². The van der Waals surface area contributed by atoms with Crippen molar-refractivity contribution in [2.45, 2.75) is 26.2 Å². The first-order valence-electron chi connectivity index (χ1n) is 8.78. The summed E-state index contributed by atoms with van der Waals surface area (Å²) in [6, 6.07) is 7.72. The maximum absolute atomic E-state index is 11.6. The molecule has 7 nitrogen and oxygen atoms in total. The monoisotopic (exact) mass is 350 g/mol. The molecule has 0 spiro atoms. The van der Waals surface area contributed by atoms with Gasteiger partial charge in [-0.2, -0.15) is 5.26 Å². The molecule has 1 amide bonds. The number of likely N-dealkylation sites (tertiary alicyclic amines) is 1. The highest BCUT2D eigenvalue weighted by atomic mass is 16.2. The summed E-state index contributed by atoms with van der Waals surface area (Å²) in [5, 5.41) is 15.9. The third kappa shape index (κ3) is 4.09. The van der Waals surface area contributed by atoms with Crippen LogP contribution in [0.1, 0.15) is 31.9 Å². The Bertz CT molecular complexity index is 803. The molecule has 2 aliphatic heterocycles. The molecule has 1 aromatic heterocycles. The highest BCUT2D eigenvalue weighted by Gasteiger charge is 2.19. The third-order valence-electron chi connectivity index (χ3n) is 4.37. The Morgan fingerprint density at radius 2 is 2.35 bits per heavy atom. The number of nitrogens with zero attached hydrogens (tertiary/aromatic N) is 4. The van der Waals surface area contributed by atoms with Gasteiger partial charge >= 0.3 is 0 Å². The lowest BCUT2D eigenvalue weighted by atomic mass is 10.1. The first kappa shape index (κ1) is 17.7. The van der Waals surface area contributed by atoms with Crippen LogP contribution < -0.4 is 10.6 Å². The predicted octanol–water partition coefficient (Wildman–Crippen LogP) is 1.78. The van der Waals surface area contributed by atoms with E-state index in [2.05, 4.69) is 26.7 Å². The number of nitrogens with one attached hydrogen (secondary N) is 2. The summed E-state index contributed by atoms with van der Waals surface area (Å²) in [7, 11) is 0. The van der Waals surface area contributed by atoms with Gasteiger partial charge in [-0.05, 0) is 37.5 Å². The normalized spacial score (nSPS) is 20.3. The van der Waals surface area contributed by atoms with E-state index in [4.69, 9.17) is 0 Å². The number of hydrogen-bond donors (Lipinski definition) is 2. The summed E-state index contributed by atoms with van der Waals surface area (Å²) in [5.74, 6) is 0.839. The number of guanidine groups is 1. The van der Waals surface area contributed by atoms with E-state index >= 15 is 0 Å². The van der Waals surface area contributed by atoms with Gasteiger partial charge in [0.2, 0.25) is 5.91 Å². The van der Waals surface area contributed by atoms with E-state index in [1.807, 2.05) is 36.2 Å². The first-order valence-corrected chi connectivity index (χ1v) is 8.78. The zero-order chi connectivity index (χ0) is 18.4. The standard InChI is InChI=1S/C19H22N6O/c1-14-13-23-19(22-9-5-11-25-10-4-7-17(25)26)24-18(14)15(12-20)16-6-2-3-8-21-16/h2-3,6,8,13H,4-5,7,9-11H2,1H3,(H2,22,23,24)/b18-15+. The minimum absolute atomic E-state index is 0.240. The fraction of sp³-hybridized carbons (Fsp3) is 0.368. The second kappa shape index (κ2) is 8.30. The number of nitriles is 1. The summed E-state index contributed by atoms with van der Waals surface area (Å²) in [6.45, 7) is 4.12. The molecular weight excluding hydrogens is 328 g/mol. The molecule has 3 rings (SSSR count). The van der Waals surface area contributed by atoms with Crippen molar-refractivity contribution < 1.29 is 4.79 Å². The molecule has 2 N–H and O–H groups in total. The summed E-state index contributed by atoms with van der Waals surface area (Å²) in [6.07, 6.45) is 5.93. The van der Waals surface area contributed by atoms with E-state index < -0.39 is 0 Å². The van der Waals surface area contributed by atoms with Crippen LogP contribution in [0.4, 0.5) is 0 Å². The van der Waals surface area contributed by atoms with E-state index in [0.29, 0.717) is 35.9 Å². The Kier molecular flexibility index (Phi) is 5.64. The maximum Gasteiger partial charge on any atom is 0.222 e. The summed E-state index contributed by atoms with van der Waals surface area (Å²) < 4.78 is 0. The molecule has 0 aromatic carbocycles. The van der Waals surface area contributed by atoms with Gasteiger partial charge in [0.1, 0.15) is 11.6 Å². The number of allylic oxidation sites excluding steroid dienone is 2. The predicted molar refractivity (Wildman–Crippen MR) is 99.5 cm³/mol. The SMILES string of the molecule is CC1=CNC(=NCCCN2CCCC2=O)N/C1=C(\C#N)c1ccccn1. The molecule has 0 atom stereocenters. The molecule has 0 saturated carbocycles. The van der Waals surface area contributed by atoms with Crippen molar-refractivity contribution in [3.63, 3.8) is 0 Å². The topological polar surface area (TPSA) is 93.4 Å². The molecule has 134 valence electrons. The molecule has 0 aliphatic carbocycles. The average Bonchev–Trinajstić information content (AvgIpc) is 3.07. The Hall–Kier alpha value is -3.14. The zero-order valence-corrected chi connectivity index (χ0v) is 14.8. The second-order valence-corrected chi connectivity index (χ2v) is 6.24. The van der Waals surface area contributed by atoms with Crippen LogP contribution in [0, 0.1) is 11.3 Å². The van der Waals surface area contributed by atoms with Crippen molar-refractivity contribution in [3.8, 4) is 6.07 Å². The van der Waals surface area contributed by atoms with E-state index in [0.717, 1.165) is 31.5 Å². The van der Waals surface area contributed by atoms with Gasteiger partial charge in [0.05, 0.1) is 11.4 Å². The lowest BCUT2D eigenvalue weighted by molar-refractivity contribution is -0.127. The van der Waals surface area contributed by atoms with E-state index in [-0.39, 0.29) is 5.91 Å². The summed E-state index contributed by atoms with van der Waals surface area (Å²) in [4.78, 5) is 22.3. The van der Waals surface area contributed by atoms with Gasteiger partial charge in [0.15, 0.2) is 5.96 Å². The molecule has 3 heterocycles. The van der Waals surface area contributed by atoms with Gasteiger partial charge in [-0.3, -0.25) is 14.8 Å². The van der Waals surface area contributed by atoms with E-state index in [1.54, 1.807) is 6.20 Å². The molecule has 0 bridgehead atoms. The number of aromatic nitrogens is 1. The number of hydrogen-bond acceptors (Lipinski definition) is 4. The second-order valence-electron chi connectivity index (χ2n) is 6.24. The quantitative estimate of drug-likeness (QED) is 0.624. The van der Waals surface area contributed by atoms with Crippen molar-refractivity contribution in [3.05, 3.63) is 47.6 Å². The molecule has 0 radical (unpaired) electrons. The van der Waals surface area contributed by atoms with Crippen molar-refractivity contribution in [1.29, 1.82) is 5.26 Å². The van der Waals surface area contributed by atoms with Gasteiger partial charge < -0.3 is 15.5 Å². The Labute approximate surface area is 153 Å². The Balaban J connectivity index is 1.67. The minimum atomic E-state index is 0.240. The third-order valence-corrected chi connectivity index (χ3v) is 4.37. The van der Waals surface area contributed by atoms with Crippen LogP contribution in [0.5, 0.6) is 0 Å². The van der Waals surface area contributed by atoms with Crippen LogP contribution in [0.15, 0.2) is 46.9 Å². The van der Waals surface area contributed by atoms with Crippen LogP contribution in [-0.4, -0.2) is 41.4 Å². The van der Waals surface area contributed by atoms with Gasteiger partial charge in [-0.25, -0.2) is 0 Å². The number of aliphatic imine (C=N–C) groups is 1. The maximum atomic E-state index is 11.6. The largest absolute Gasteiger partial charge is 0.343 e. The van der Waals surface area contributed by atoms with Crippen molar-refractivity contribution in [1.82, 2.24) is 20.5 Å². The summed E-state index contributed by atoms with van der Waals surface area (Å²) in [5.41, 5.74) is 2.72. The lowest BCUT2D eigenvalue weighted by Gasteiger charge is -2.21. The average molecular weight is 350 g/mol. The molecular formula is C19H22N6O. The number of pyridine rings is 1. The highest BCUT2D eigenvalue weighted by molar-refractivity contribution is 5.90. The molecule has 2 aliphatic rings. The molecule has 0 unspecified atom stereocenters. The van der Waals surface area contributed by atoms with Crippen LogP contribution >= 0.6 is 0 Å².